The predicted octanol–water partition coefficient (Wildman–Crippen LogP) is 4.08. The molecule has 124 valence electrons. The second-order valence-corrected chi connectivity index (χ2v) is 7.62. The molecule has 0 bridgehead atoms. The SMILES string of the molecule is CCc1cc2c(=O)n(CC(=O)Nc3ccc(Br)cc3)c(=S)[nH]c2s1. The third kappa shape index (κ3) is 3.50. The van der Waals surface area contributed by atoms with Crippen molar-refractivity contribution in [3.8, 4) is 0 Å². The van der Waals surface area contributed by atoms with Crippen LogP contribution < -0.4 is 10.9 Å². The molecule has 0 unspecified atom stereocenters. The van der Waals surface area contributed by atoms with Crippen LogP contribution in [0.2, 0.25) is 0 Å². The highest BCUT2D eigenvalue weighted by Crippen LogP contribution is 2.21. The molecule has 0 saturated carbocycles. The topological polar surface area (TPSA) is 66.9 Å². The number of hydrogen-bond donors (Lipinski definition) is 2. The summed E-state index contributed by atoms with van der Waals surface area (Å²) in [4.78, 5) is 29.7. The van der Waals surface area contributed by atoms with Crippen molar-refractivity contribution in [2.45, 2.75) is 19.9 Å². The van der Waals surface area contributed by atoms with Crippen LogP contribution in [0.3, 0.4) is 0 Å². The first-order chi connectivity index (χ1) is 11.5. The number of carbonyl (C=O) groups is 1. The molecule has 5 nitrogen and oxygen atoms in total. The molecule has 24 heavy (non-hydrogen) atoms. The number of rotatable bonds is 4. The van der Waals surface area contributed by atoms with Crippen LogP contribution in [0, 0.1) is 4.77 Å². The lowest BCUT2D eigenvalue weighted by Crippen LogP contribution is -2.28. The summed E-state index contributed by atoms with van der Waals surface area (Å²) in [6, 6.07) is 9.08. The number of thiophene rings is 1. The van der Waals surface area contributed by atoms with E-state index in [1.54, 1.807) is 12.1 Å². The van der Waals surface area contributed by atoms with E-state index in [9.17, 15) is 9.59 Å². The van der Waals surface area contributed by atoms with E-state index in [0.29, 0.717) is 11.1 Å². The number of fused-ring (bicyclic) bond motifs is 1. The normalized spacial score (nSPS) is 10.9. The molecular weight excluding hydrogens is 410 g/mol. The standard InChI is InChI=1S/C16H14BrN3O2S2/c1-2-11-7-12-14(24-11)19-16(23)20(15(12)22)8-13(21)18-10-5-3-9(17)4-6-10/h3-7H,2,8H2,1H3,(H,18,21)(H,19,23). The summed E-state index contributed by atoms with van der Waals surface area (Å²) in [6.45, 7) is 1.90. The van der Waals surface area contributed by atoms with E-state index in [1.807, 2.05) is 25.1 Å². The number of amides is 1. The molecule has 1 aromatic carbocycles. The summed E-state index contributed by atoms with van der Waals surface area (Å²) in [5, 5.41) is 3.33. The fourth-order valence-corrected chi connectivity index (χ4v) is 3.86. The summed E-state index contributed by atoms with van der Waals surface area (Å²) in [5.41, 5.74) is 0.423. The van der Waals surface area contributed by atoms with Crippen LogP contribution in [0.15, 0.2) is 39.6 Å². The van der Waals surface area contributed by atoms with Crippen LogP contribution in [-0.4, -0.2) is 15.5 Å². The van der Waals surface area contributed by atoms with Gasteiger partial charge in [0.15, 0.2) is 4.77 Å². The van der Waals surface area contributed by atoms with Gasteiger partial charge < -0.3 is 10.3 Å². The van der Waals surface area contributed by atoms with Crippen LogP contribution in [0.1, 0.15) is 11.8 Å². The van der Waals surface area contributed by atoms with E-state index in [0.717, 1.165) is 20.6 Å². The number of carbonyl (C=O) groups excluding carboxylic acids is 1. The summed E-state index contributed by atoms with van der Waals surface area (Å²) in [7, 11) is 0. The molecule has 2 heterocycles. The number of H-pyrrole nitrogens is 1. The van der Waals surface area contributed by atoms with Crippen molar-refractivity contribution in [1.29, 1.82) is 0 Å². The average molecular weight is 424 g/mol. The molecule has 1 amide bonds. The van der Waals surface area contributed by atoms with Crippen molar-refractivity contribution in [1.82, 2.24) is 9.55 Å². The van der Waals surface area contributed by atoms with Gasteiger partial charge in [-0.25, -0.2) is 0 Å². The average Bonchev–Trinajstić information content (AvgIpc) is 2.97. The number of hydrogen-bond acceptors (Lipinski definition) is 4. The molecule has 0 atom stereocenters. The maximum absolute atomic E-state index is 12.6. The van der Waals surface area contributed by atoms with Gasteiger partial charge in [-0.1, -0.05) is 22.9 Å². The van der Waals surface area contributed by atoms with Gasteiger partial charge in [-0.2, -0.15) is 0 Å². The molecule has 3 rings (SSSR count). The van der Waals surface area contributed by atoms with Gasteiger partial charge in [0.05, 0.1) is 5.39 Å². The van der Waals surface area contributed by atoms with E-state index in [1.165, 1.54) is 15.9 Å². The molecule has 2 N–H and O–H groups in total. The predicted molar refractivity (Wildman–Crippen MR) is 103 cm³/mol. The monoisotopic (exact) mass is 423 g/mol. The Kier molecular flexibility index (Phi) is 4.98. The molecule has 0 aliphatic carbocycles. The minimum absolute atomic E-state index is 0.128. The Balaban J connectivity index is 1.89. The molecule has 0 fully saturated rings. The van der Waals surface area contributed by atoms with E-state index < -0.39 is 0 Å². The van der Waals surface area contributed by atoms with Crippen LogP contribution in [0.5, 0.6) is 0 Å². The lowest BCUT2D eigenvalue weighted by atomic mass is 10.3. The molecular formula is C16H14BrN3O2S2. The lowest BCUT2D eigenvalue weighted by Gasteiger charge is -2.08. The number of halogens is 1. The van der Waals surface area contributed by atoms with Crippen molar-refractivity contribution < 1.29 is 4.79 Å². The maximum atomic E-state index is 12.6. The molecule has 0 aliphatic rings. The van der Waals surface area contributed by atoms with Crippen molar-refractivity contribution in [3.05, 3.63) is 54.8 Å². The summed E-state index contributed by atoms with van der Waals surface area (Å²) < 4.78 is 2.47. The molecule has 0 radical (unpaired) electrons. The molecule has 0 saturated heterocycles. The fraction of sp³-hybridized carbons (Fsp3) is 0.188. The number of nitrogens with one attached hydrogen (secondary N) is 2. The van der Waals surface area contributed by atoms with Gasteiger partial charge in [-0.3, -0.25) is 14.2 Å². The van der Waals surface area contributed by atoms with Crippen LogP contribution in [0.25, 0.3) is 10.2 Å². The van der Waals surface area contributed by atoms with Crippen LogP contribution >= 0.6 is 39.5 Å². The number of aromatic nitrogens is 2. The summed E-state index contributed by atoms with van der Waals surface area (Å²) in [5.74, 6) is -0.302. The van der Waals surface area contributed by atoms with Gasteiger partial charge in [-0.05, 0) is 49.0 Å². The molecule has 0 spiro atoms. The smallest absolute Gasteiger partial charge is 0.263 e. The number of benzene rings is 1. The van der Waals surface area contributed by atoms with Gasteiger partial charge in [0, 0.05) is 15.0 Å². The van der Waals surface area contributed by atoms with E-state index >= 15 is 0 Å². The Labute approximate surface area is 155 Å². The first kappa shape index (κ1) is 17.1. The Morgan fingerprint density at radius 3 is 2.75 bits per heavy atom. The van der Waals surface area contributed by atoms with Crippen molar-refractivity contribution in [2.24, 2.45) is 0 Å². The number of nitrogens with zero attached hydrogens (tertiary/aromatic N) is 1. The number of aromatic amines is 1. The van der Waals surface area contributed by atoms with Gasteiger partial charge in [0.1, 0.15) is 11.4 Å². The zero-order valence-corrected chi connectivity index (χ0v) is 16.0. The largest absolute Gasteiger partial charge is 0.325 e. The van der Waals surface area contributed by atoms with Crippen LogP contribution in [0.4, 0.5) is 5.69 Å². The first-order valence-corrected chi connectivity index (χ1v) is 9.30. The zero-order chi connectivity index (χ0) is 17.3. The maximum Gasteiger partial charge on any atom is 0.263 e. The van der Waals surface area contributed by atoms with Crippen LogP contribution in [-0.2, 0) is 17.8 Å². The van der Waals surface area contributed by atoms with E-state index in [-0.39, 0.29) is 22.8 Å². The molecule has 0 aliphatic heterocycles. The highest BCUT2D eigenvalue weighted by Gasteiger charge is 2.12. The van der Waals surface area contributed by atoms with Crippen molar-refractivity contribution in [2.75, 3.05) is 5.32 Å². The minimum Gasteiger partial charge on any atom is -0.325 e. The van der Waals surface area contributed by atoms with Crippen molar-refractivity contribution >= 4 is 61.3 Å². The zero-order valence-electron chi connectivity index (χ0n) is 12.8. The van der Waals surface area contributed by atoms with Gasteiger partial charge in [-0.15, -0.1) is 11.3 Å². The van der Waals surface area contributed by atoms with Gasteiger partial charge in [0.25, 0.3) is 5.56 Å². The Hall–Kier alpha value is -1.77. The lowest BCUT2D eigenvalue weighted by molar-refractivity contribution is -0.116. The third-order valence-corrected chi connectivity index (χ3v) is 5.55. The second-order valence-electron chi connectivity index (χ2n) is 5.19. The quantitative estimate of drug-likeness (QED) is 0.621. The highest BCUT2D eigenvalue weighted by atomic mass is 79.9. The second kappa shape index (κ2) is 7.00. The molecule has 3 aromatic rings. The number of aryl methyl sites for hydroxylation is 1. The van der Waals surface area contributed by atoms with E-state index in [4.69, 9.17) is 12.2 Å². The Morgan fingerprint density at radius 1 is 1.38 bits per heavy atom. The van der Waals surface area contributed by atoms with Gasteiger partial charge >= 0.3 is 0 Å². The van der Waals surface area contributed by atoms with Crippen molar-refractivity contribution in [3.63, 3.8) is 0 Å². The molecule has 8 heteroatoms. The summed E-state index contributed by atoms with van der Waals surface area (Å²) in [6.07, 6.45) is 0.851. The fourth-order valence-electron chi connectivity index (χ4n) is 2.29. The minimum atomic E-state index is -0.302. The Bertz CT molecular complexity index is 1020. The third-order valence-electron chi connectivity index (χ3n) is 3.50. The first-order valence-electron chi connectivity index (χ1n) is 7.29. The summed E-state index contributed by atoms with van der Waals surface area (Å²) >= 11 is 10.1. The van der Waals surface area contributed by atoms with E-state index in [2.05, 4.69) is 26.2 Å². The van der Waals surface area contributed by atoms with Gasteiger partial charge in [0.2, 0.25) is 5.91 Å². The highest BCUT2D eigenvalue weighted by molar-refractivity contribution is 9.10. The number of anilines is 1. The Morgan fingerprint density at radius 2 is 2.08 bits per heavy atom. The molecule has 2 aromatic heterocycles.